The number of hydrogen-bond acceptors (Lipinski definition) is 3. The number of nitrogens with one attached hydrogen (secondary N) is 2. The van der Waals surface area contributed by atoms with E-state index in [1.807, 2.05) is 80.6 Å². The summed E-state index contributed by atoms with van der Waals surface area (Å²) in [6.45, 7) is 4.48. The third-order valence-electron chi connectivity index (χ3n) is 4.32. The zero-order chi connectivity index (χ0) is 19.9. The van der Waals surface area contributed by atoms with E-state index in [0.717, 1.165) is 33.1 Å². The van der Waals surface area contributed by atoms with Crippen molar-refractivity contribution in [3.05, 3.63) is 88.4 Å². The van der Waals surface area contributed by atoms with E-state index in [2.05, 4.69) is 10.6 Å². The Labute approximate surface area is 170 Å². The SMILES string of the molecule is Cc1ccc(NC(=O)COc2ccccc2CNc2ccc(C)c(Cl)c2)cc1. The van der Waals surface area contributed by atoms with E-state index in [1.54, 1.807) is 0 Å². The summed E-state index contributed by atoms with van der Waals surface area (Å²) in [5.41, 5.74) is 4.83. The van der Waals surface area contributed by atoms with Crippen molar-refractivity contribution in [2.24, 2.45) is 0 Å². The molecule has 0 saturated carbocycles. The summed E-state index contributed by atoms with van der Waals surface area (Å²) in [6, 6.07) is 21.2. The van der Waals surface area contributed by atoms with E-state index < -0.39 is 0 Å². The standard InChI is InChI=1S/C23H23ClN2O2/c1-16-7-10-19(11-8-16)26-23(27)15-28-22-6-4-3-5-18(22)14-25-20-12-9-17(2)21(24)13-20/h3-13,25H,14-15H2,1-2H3,(H,26,27). The summed E-state index contributed by atoms with van der Waals surface area (Å²) in [5.74, 6) is 0.476. The number of para-hydroxylation sites is 1. The molecule has 0 bridgehead atoms. The number of aryl methyl sites for hydroxylation is 2. The van der Waals surface area contributed by atoms with Crippen molar-refractivity contribution in [1.82, 2.24) is 0 Å². The van der Waals surface area contributed by atoms with Crippen LogP contribution in [-0.4, -0.2) is 12.5 Å². The monoisotopic (exact) mass is 394 g/mol. The van der Waals surface area contributed by atoms with Gasteiger partial charge in [-0.25, -0.2) is 0 Å². The van der Waals surface area contributed by atoms with Gasteiger partial charge in [-0.1, -0.05) is 53.6 Å². The Hall–Kier alpha value is -2.98. The molecule has 0 aliphatic rings. The van der Waals surface area contributed by atoms with Crippen molar-refractivity contribution in [1.29, 1.82) is 0 Å². The summed E-state index contributed by atoms with van der Waals surface area (Å²) in [7, 11) is 0. The van der Waals surface area contributed by atoms with Crippen LogP contribution in [0, 0.1) is 13.8 Å². The van der Waals surface area contributed by atoms with Gasteiger partial charge in [0.2, 0.25) is 0 Å². The first-order valence-corrected chi connectivity index (χ1v) is 9.46. The molecule has 2 N–H and O–H groups in total. The molecule has 4 nitrogen and oxygen atoms in total. The lowest BCUT2D eigenvalue weighted by atomic mass is 10.2. The van der Waals surface area contributed by atoms with Gasteiger partial charge in [0, 0.05) is 28.5 Å². The third kappa shape index (κ3) is 5.51. The van der Waals surface area contributed by atoms with E-state index in [9.17, 15) is 4.79 Å². The fraction of sp³-hybridized carbons (Fsp3) is 0.174. The van der Waals surface area contributed by atoms with Gasteiger partial charge in [0.15, 0.2) is 6.61 Å². The Morgan fingerprint density at radius 3 is 2.43 bits per heavy atom. The Morgan fingerprint density at radius 2 is 1.68 bits per heavy atom. The first-order valence-electron chi connectivity index (χ1n) is 9.08. The molecule has 1 amide bonds. The first kappa shape index (κ1) is 19.8. The fourth-order valence-electron chi connectivity index (χ4n) is 2.67. The molecule has 3 rings (SSSR count). The number of hydrogen-bond donors (Lipinski definition) is 2. The minimum atomic E-state index is -0.197. The molecule has 0 atom stereocenters. The lowest BCUT2D eigenvalue weighted by Crippen LogP contribution is -2.20. The van der Waals surface area contributed by atoms with Crippen molar-refractivity contribution in [2.75, 3.05) is 17.2 Å². The van der Waals surface area contributed by atoms with Crippen LogP contribution in [0.25, 0.3) is 0 Å². The Kier molecular flexibility index (Phi) is 6.56. The highest BCUT2D eigenvalue weighted by Gasteiger charge is 2.08. The molecule has 28 heavy (non-hydrogen) atoms. The number of rotatable bonds is 7. The second kappa shape index (κ2) is 9.29. The minimum absolute atomic E-state index is 0.0543. The quantitative estimate of drug-likeness (QED) is 0.549. The van der Waals surface area contributed by atoms with Crippen LogP contribution < -0.4 is 15.4 Å². The molecular weight excluding hydrogens is 372 g/mol. The maximum Gasteiger partial charge on any atom is 0.262 e. The lowest BCUT2D eigenvalue weighted by Gasteiger charge is -2.13. The molecule has 0 spiro atoms. The Morgan fingerprint density at radius 1 is 0.964 bits per heavy atom. The number of carbonyl (C=O) groups excluding carboxylic acids is 1. The topological polar surface area (TPSA) is 50.4 Å². The summed E-state index contributed by atoms with van der Waals surface area (Å²) in [4.78, 5) is 12.2. The molecule has 0 unspecified atom stereocenters. The zero-order valence-electron chi connectivity index (χ0n) is 16.0. The first-order chi connectivity index (χ1) is 13.5. The van der Waals surface area contributed by atoms with Gasteiger partial charge >= 0.3 is 0 Å². The van der Waals surface area contributed by atoms with Crippen LogP contribution in [-0.2, 0) is 11.3 Å². The minimum Gasteiger partial charge on any atom is -0.483 e. The molecular formula is C23H23ClN2O2. The van der Waals surface area contributed by atoms with Crippen LogP contribution in [0.3, 0.4) is 0 Å². The van der Waals surface area contributed by atoms with Crippen molar-refractivity contribution in [3.8, 4) is 5.75 Å². The molecule has 0 heterocycles. The summed E-state index contributed by atoms with van der Waals surface area (Å²) < 4.78 is 5.75. The molecule has 0 aromatic heterocycles. The molecule has 3 aromatic carbocycles. The second-order valence-electron chi connectivity index (χ2n) is 6.63. The zero-order valence-corrected chi connectivity index (χ0v) is 16.7. The van der Waals surface area contributed by atoms with Crippen LogP contribution in [0.5, 0.6) is 5.75 Å². The van der Waals surface area contributed by atoms with Gasteiger partial charge in [-0.3, -0.25) is 4.79 Å². The van der Waals surface area contributed by atoms with Crippen LogP contribution in [0.2, 0.25) is 5.02 Å². The number of anilines is 2. The number of amides is 1. The average molecular weight is 395 g/mol. The fourth-order valence-corrected chi connectivity index (χ4v) is 2.85. The largest absolute Gasteiger partial charge is 0.483 e. The van der Waals surface area contributed by atoms with Crippen LogP contribution in [0.15, 0.2) is 66.7 Å². The van der Waals surface area contributed by atoms with Crippen molar-refractivity contribution in [2.45, 2.75) is 20.4 Å². The number of carbonyl (C=O) groups is 1. The molecule has 0 radical (unpaired) electrons. The predicted octanol–water partition coefficient (Wildman–Crippen LogP) is 5.59. The highest BCUT2D eigenvalue weighted by molar-refractivity contribution is 6.31. The number of halogens is 1. The van der Waals surface area contributed by atoms with E-state index in [4.69, 9.17) is 16.3 Å². The van der Waals surface area contributed by atoms with Crippen LogP contribution >= 0.6 is 11.6 Å². The maximum atomic E-state index is 12.2. The van der Waals surface area contributed by atoms with Crippen LogP contribution in [0.1, 0.15) is 16.7 Å². The lowest BCUT2D eigenvalue weighted by molar-refractivity contribution is -0.118. The van der Waals surface area contributed by atoms with Crippen molar-refractivity contribution >= 4 is 28.9 Å². The molecule has 5 heteroatoms. The van der Waals surface area contributed by atoms with E-state index in [0.29, 0.717) is 12.3 Å². The normalized spacial score (nSPS) is 10.4. The van der Waals surface area contributed by atoms with Gasteiger partial charge in [0.1, 0.15) is 5.75 Å². The molecule has 0 fully saturated rings. The highest BCUT2D eigenvalue weighted by Crippen LogP contribution is 2.23. The third-order valence-corrected chi connectivity index (χ3v) is 4.73. The van der Waals surface area contributed by atoms with Crippen molar-refractivity contribution in [3.63, 3.8) is 0 Å². The van der Waals surface area contributed by atoms with Gasteiger partial charge in [-0.15, -0.1) is 0 Å². The number of ether oxygens (including phenoxy) is 1. The van der Waals surface area contributed by atoms with Crippen LogP contribution in [0.4, 0.5) is 11.4 Å². The number of benzene rings is 3. The van der Waals surface area contributed by atoms with Gasteiger partial charge < -0.3 is 15.4 Å². The second-order valence-corrected chi connectivity index (χ2v) is 7.04. The van der Waals surface area contributed by atoms with Crippen molar-refractivity contribution < 1.29 is 9.53 Å². The van der Waals surface area contributed by atoms with E-state index >= 15 is 0 Å². The average Bonchev–Trinajstić information content (AvgIpc) is 2.69. The molecule has 0 saturated heterocycles. The molecule has 3 aromatic rings. The van der Waals surface area contributed by atoms with Gasteiger partial charge in [-0.2, -0.15) is 0 Å². The smallest absolute Gasteiger partial charge is 0.262 e. The predicted molar refractivity (Wildman–Crippen MR) is 115 cm³/mol. The molecule has 0 aliphatic heterocycles. The Bertz CT molecular complexity index is 955. The summed E-state index contributed by atoms with van der Waals surface area (Å²) >= 11 is 6.18. The molecule has 0 aliphatic carbocycles. The van der Waals surface area contributed by atoms with E-state index in [1.165, 1.54) is 0 Å². The maximum absolute atomic E-state index is 12.2. The summed E-state index contributed by atoms with van der Waals surface area (Å²) in [5, 5.41) is 6.90. The highest BCUT2D eigenvalue weighted by atomic mass is 35.5. The molecule has 144 valence electrons. The van der Waals surface area contributed by atoms with Gasteiger partial charge in [0.05, 0.1) is 0 Å². The summed E-state index contributed by atoms with van der Waals surface area (Å²) in [6.07, 6.45) is 0. The van der Waals surface area contributed by atoms with Gasteiger partial charge in [-0.05, 0) is 49.7 Å². The van der Waals surface area contributed by atoms with Gasteiger partial charge in [0.25, 0.3) is 5.91 Å². The van der Waals surface area contributed by atoms with E-state index in [-0.39, 0.29) is 12.5 Å². The Balaban J connectivity index is 1.57.